The van der Waals surface area contributed by atoms with Crippen LogP contribution >= 0.6 is 11.3 Å². The quantitative estimate of drug-likeness (QED) is 0.697. The van der Waals surface area contributed by atoms with E-state index in [1.165, 1.54) is 11.3 Å². The monoisotopic (exact) mass is 382 g/mol. The zero-order chi connectivity index (χ0) is 18.6. The summed E-state index contributed by atoms with van der Waals surface area (Å²) in [6.07, 6.45) is 1.91. The van der Waals surface area contributed by atoms with Gasteiger partial charge < -0.3 is 19.5 Å². The van der Waals surface area contributed by atoms with Crippen LogP contribution in [0.3, 0.4) is 0 Å². The van der Waals surface area contributed by atoms with Gasteiger partial charge in [0.1, 0.15) is 5.75 Å². The molecular weight excluding hydrogens is 364 g/mol. The SMILES string of the molecule is COc1ccccc1C(CC(=O)Nc1nccs1)c1ccc2c(c1)OCO2. The Kier molecular flexibility index (Phi) is 4.93. The van der Waals surface area contributed by atoms with Gasteiger partial charge in [0.05, 0.1) is 7.11 Å². The Labute approximate surface area is 160 Å². The molecule has 6 nitrogen and oxygen atoms in total. The molecule has 138 valence electrons. The van der Waals surface area contributed by atoms with Crippen LogP contribution in [0.5, 0.6) is 17.2 Å². The van der Waals surface area contributed by atoms with E-state index in [2.05, 4.69) is 10.3 Å². The van der Waals surface area contributed by atoms with Crippen molar-refractivity contribution in [2.45, 2.75) is 12.3 Å². The van der Waals surface area contributed by atoms with Gasteiger partial charge in [-0.05, 0) is 23.8 Å². The van der Waals surface area contributed by atoms with Gasteiger partial charge in [0.15, 0.2) is 16.6 Å². The molecule has 0 bridgehead atoms. The lowest BCUT2D eigenvalue weighted by atomic mass is 9.87. The first-order chi connectivity index (χ1) is 13.2. The number of para-hydroxylation sites is 1. The molecule has 1 amide bonds. The van der Waals surface area contributed by atoms with Gasteiger partial charge in [-0.1, -0.05) is 24.3 Å². The summed E-state index contributed by atoms with van der Waals surface area (Å²) in [5.74, 6) is 1.83. The van der Waals surface area contributed by atoms with Crippen LogP contribution in [0, 0.1) is 0 Å². The van der Waals surface area contributed by atoms with Crippen molar-refractivity contribution in [1.29, 1.82) is 0 Å². The molecule has 1 N–H and O–H groups in total. The molecule has 4 rings (SSSR count). The van der Waals surface area contributed by atoms with Crippen LogP contribution in [0.15, 0.2) is 54.0 Å². The molecule has 27 heavy (non-hydrogen) atoms. The number of hydrogen-bond donors (Lipinski definition) is 1. The number of benzene rings is 2. The van der Waals surface area contributed by atoms with Crippen molar-refractivity contribution in [3.8, 4) is 17.2 Å². The van der Waals surface area contributed by atoms with Crippen LogP contribution in [0.2, 0.25) is 0 Å². The first-order valence-electron chi connectivity index (χ1n) is 8.46. The van der Waals surface area contributed by atoms with E-state index in [4.69, 9.17) is 14.2 Å². The molecule has 2 heterocycles. The van der Waals surface area contributed by atoms with Gasteiger partial charge in [0.2, 0.25) is 12.7 Å². The topological polar surface area (TPSA) is 69.7 Å². The Balaban J connectivity index is 1.67. The highest BCUT2D eigenvalue weighted by atomic mass is 32.1. The number of nitrogens with one attached hydrogen (secondary N) is 1. The minimum atomic E-state index is -0.199. The number of rotatable bonds is 6. The van der Waals surface area contributed by atoms with Gasteiger partial charge in [-0.25, -0.2) is 4.98 Å². The van der Waals surface area contributed by atoms with E-state index in [1.54, 1.807) is 13.3 Å². The summed E-state index contributed by atoms with van der Waals surface area (Å²) in [7, 11) is 1.63. The summed E-state index contributed by atoms with van der Waals surface area (Å²) in [5.41, 5.74) is 1.89. The number of ether oxygens (including phenoxy) is 3. The van der Waals surface area contributed by atoms with Crippen molar-refractivity contribution in [3.63, 3.8) is 0 Å². The molecule has 0 fully saturated rings. The number of aromatic nitrogens is 1. The fourth-order valence-electron chi connectivity index (χ4n) is 3.13. The predicted molar refractivity (Wildman–Crippen MR) is 103 cm³/mol. The second-order valence-corrected chi connectivity index (χ2v) is 6.89. The lowest BCUT2D eigenvalue weighted by Crippen LogP contribution is -2.17. The lowest BCUT2D eigenvalue weighted by Gasteiger charge is -2.20. The van der Waals surface area contributed by atoms with Crippen molar-refractivity contribution in [3.05, 3.63) is 65.2 Å². The van der Waals surface area contributed by atoms with E-state index in [1.807, 2.05) is 47.8 Å². The molecule has 0 saturated carbocycles. The highest BCUT2D eigenvalue weighted by molar-refractivity contribution is 7.13. The number of carbonyl (C=O) groups is 1. The van der Waals surface area contributed by atoms with Gasteiger partial charge in [-0.3, -0.25) is 4.79 Å². The third kappa shape index (κ3) is 3.73. The smallest absolute Gasteiger partial charge is 0.231 e. The first-order valence-corrected chi connectivity index (χ1v) is 9.34. The minimum absolute atomic E-state index is 0.112. The van der Waals surface area contributed by atoms with Crippen LogP contribution in [-0.2, 0) is 4.79 Å². The second kappa shape index (κ2) is 7.67. The Morgan fingerprint density at radius 3 is 2.93 bits per heavy atom. The normalized spacial score (nSPS) is 13.2. The van der Waals surface area contributed by atoms with E-state index in [0.29, 0.717) is 16.6 Å². The molecule has 0 radical (unpaired) electrons. The second-order valence-electron chi connectivity index (χ2n) is 6.00. The van der Waals surface area contributed by atoms with Crippen molar-refractivity contribution >= 4 is 22.4 Å². The summed E-state index contributed by atoms with van der Waals surface area (Å²) in [4.78, 5) is 16.8. The predicted octanol–water partition coefficient (Wildman–Crippen LogP) is 4.04. The van der Waals surface area contributed by atoms with Crippen molar-refractivity contribution in [1.82, 2.24) is 4.98 Å². The number of amides is 1. The molecule has 0 aliphatic carbocycles. The van der Waals surface area contributed by atoms with E-state index in [0.717, 1.165) is 16.9 Å². The zero-order valence-electron chi connectivity index (χ0n) is 14.7. The number of carbonyl (C=O) groups excluding carboxylic acids is 1. The summed E-state index contributed by atoms with van der Waals surface area (Å²) < 4.78 is 16.4. The number of anilines is 1. The third-order valence-corrected chi connectivity index (χ3v) is 5.07. The van der Waals surface area contributed by atoms with Crippen LogP contribution in [-0.4, -0.2) is 24.8 Å². The van der Waals surface area contributed by atoms with Crippen LogP contribution in [0.1, 0.15) is 23.5 Å². The van der Waals surface area contributed by atoms with E-state index >= 15 is 0 Å². The Morgan fingerprint density at radius 2 is 2.11 bits per heavy atom. The number of hydrogen-bond acceptors (Lipinski definition) is 6. The van der Waals surface area contributed by atoms with Crippen LogP contribution in [0.4, 0.5) is 5.13 Å². The molecule has 3 aromatic rings. The molecule has 2 aromatic carbocycles. The van der Waals surface area contributed by atoms with Crippen molar-refractivity contribution < 1.29 is 19.0 Å². The summed E-state index contributed by atoms with van der Waals surface area (Å²) in [5, 5.41) is 5.27. The van der Waals surface area contributed by atoms with Gasteiger partial charge in [0.25, 0.3) is 0 Å². The third-order valence-electron chi connectivity index (χ3n) is 4.38. The molecule has 1 aromatic heterocycles. The molecular formula is C20H18N2O4S. The van der Waals surface area contributed by atoms with Crippen molar-refractivity contribution in [2.75, 3.05) is 19.2 Å². The number of thiazole rings is 1. The summed E-state index contributed by atoms with van der Waals surface area (Å²) in [6.45, 7) is 0.211. The van der Waals surface area contributed by atoms with Gasteiger partial charge in [0, 0.05) is 29.5 Å². The molecule has 1 aliphatic heterocycles. The maximum absolute atomic E-state index is 12.7. The van der Waals surface area contributed by atoms with Gasteiger partial charge in [-0.15, -0.1) is 11.3 Å². The van der Waals surface area contributed by atoms with E-state index in [-0.39, 0.29) is 25.0 Å². The molecule has 0 spiro atoms. The standard InChI is InChI=1S/C20H18N2O4S/c1-24-16-5-3-2-4-14(16)15(11-19(23)22-20-21-8-9-27-20)13-6-7-17-18(10-13)26-12-25-17/h2-10,15H,11-12H2,1H3,(H,21,22,23). The van der Waals surface area contributed by atoms with E-state index < -0.39 is 0 Å². The Hall–Kier alpha value is -3.06. The minimum Gasteiger partial charge on any atom is -0.496 e. The van der Waals surface area contributed by atoms with E-state index in [9.17, 15) is 4.79 Å². The molecule has 1 atom stereocenters. The highest BCUT2D eigenvalue weighted by Crippen LogP contribution is 2.40. The van der Waals surface area contributed by atoms with Gasteiger partial charge >= 0.3 is 0 Å². The number of methoxy groups -OCH3 is 1. The maximum atomic E-state index is 12.7. The first kappa shape index (κ1) is 17.4. The summed E-state index contributed by atoms with van der Waals surface area (Å²) >= 11 is 1.39. The Bertz CT molecular complexity index is 943. The maximum Gasteiger partial charge on any atom is 0.231 e. The fourth-order valence-corrected chi connectivity index (χ4v) is 3.68. The number of fused-ring (bicyclic) bond motifs is 1. The fraction of sp³-hybridized carbons (Fsp3) is 0.200. The van der Waals surface area contributed by atoms with Crippen molar-refractivity contribution in [2.24, 2.45) is 0 Å². The van der Waals surface area contributed by atoms with Crippen LogP contribution < -0.4 is 19.5 Å². The lowest BCUT2D eigenvalue weighted by molar-refractivity contribution is -0.116. The van der Waals surface area contributed by atoms with Crippen LogP contribution in [0.25, 0.3) is 0 Å². The molecule has 7 heteroatoms. The number of nitrogens with zero attached hydrogens (tertiary/aromatic N) is 1. The summed E-state index contributed by atoms with van der Waals surface area (Å²) in [6, 6.07) is 13.5. The Morgan fingerprint density at radius 1 is 1.26 bits per heavy atom. The molecule has 1 aliphatic rings. The highest BCUT2D eigenvalue weighted by Gasteiger charge is 2.24. The molecule has 1 unspecified atom stereocenters. The largest absolute Gasteiger partial charge is 0.496 e. The molecule has 0 saturated heterocycles. The average molecular weight is 382 g/mol. The average Bonchev–Trinajstić information content (AvgIpc) is 3.37. The van der Waals surface area contributed by atoms with Gasteiger partial charge in [-0.2, -0.15) is 0 Å². The zero-order valence-corrected chi connectivity index (χ0v) is 15.5.